The van der Waals surface area contributed by atoms with Gasteiger partial charge in [0.15, 0.2) is 0 Å². The quantitative estimate of drug-likeness (QED) is 0.466. The molecule has 4 rings (SSSR count). The van der Waals surface area contributed by atoms with Crippen molar-refractivity contribution < 1.29 is 9.85 Å². The van der Waals surface area contributed by atoms with Crippen LogP contribution >= 0.6 is 11.6 Å². The summed E-state index contributed by atoms with van der Waals surface area (Å²) in [5, 5.41) is 25.8. The van der Waals surface area contributed by atoms with Crippen molar-refractivity contribution in [1.82, 2.24) is 0 Å². The molecule has 0 unspecified atom stereocenters. The number of non-ortho nitro benzene ring substituents is 1. The van der Waals surface area contributed by atoms with Gasteiger partial charge in [-0.3, -0.25) is 20.2 Å². The van der Waals surface area contributed by atoms with Crippen LogP contribution in [0.5, 0.6) is 0 Å². The first kappa shape index (κ1) is 16.5. The summed E-state index contributed by atoms with van der Waals surface area (Å²) in [5.74, 6) is 0.163. The molecule has 7 nitrogen and oxygen atoms in total. The minimum atomic E-state index is -0.490. The van der Waals surface area contributed by atoms with Crippen molar-refractivity contribution in [3.63, 3.8) is 0 Å². The molecule has 1 N–H and O–H groups in total. The lowest BCUT2D eigenvalue weighted by Gasteiger charge is -2.37. The summed E-state index contributed by atoms with van der Waals surface area (Å²) in [6.45, 7) is 0. The van der Waals surface area contributed by atoms with Gasteiger partial charge in [-0.1, -0.05) is 29.8 Å². The summed E-state index contributed by atoms with van der Waals surface area (Å²) in [5.41, 5.74) is 2.42. The molecule has 3 atom stereocenters. The number of anilines is 1. The molecule has 26 heavy (non-hydrogen) atoms. The van der Waals surface area contributed by atoms with Crippen LogP contribution in [0.3, 0.4) is 0 Å². The average Bonchev–Trinajstić information content (AvgIpc) is 3.11. The molecule has 0 radical (unpaired) electrons. The maximum atomic E-state index is 11.2. The summed E-state index contributed by atoms with van der Waals surface area (Å²) in [6.07, 6.45) is 4.91. The van der Waals surface area contributed by atoms with Crippen LogP contribution in [0.1, 0.15) is 29.5 Å². The maximum Gasteiger partial charge on any atom is 0.288 e. The van der Waals surface area contributed by atoms with Crippen LogP contribution in [0, 0.1) is 26.1 Å². The maximum absolute atomic E-state index is 11.2. The van der Waals surface area contributed by atoms with Gasteiger partial charge in [-0.2, -0.15) is 0 Å². The minimum absolute atomic E-state index is 0.0332. The topological polar surface area (TPSA) is 98.3 Å². The predicted molar refractivity (Wildman–Crippen MR) is 97.6 cm³/mol. The van der Waals surface area contributed by atoms with Gasteiger partial charge in [0, 0.05) is 29.8 Å². The minimum Gasteiger partial charge on any atom is -0.378 e. The second-order valence-electron chi connectivity index (χ2n) is 6.47. The third-order valence-corrected chi connectivity index (χ3v) is 5.40. The molecule has 2 aromatic carbocycles. The van der Waals surface area contributed by atoms with Crippen LogP contribution in [0.25, 0.3) is 0 Å². The summed E-state index contributed by atoms with van der Waals surface area (Å²) in [6, 6.07) is 9.47. The fourth-order valence-corrected chi connectivity index (χ4v) is 4.07. The van der Waals surface area contributed by atoms with Gasteiger partial charge in [0.1, 0.15) is 5.02 Å². The molecule has 2 aromatic rings. The standard InChI is InChI=1S/C18H14ClN3O4/c19-15-6-4-10(8-17(15)22(25)26)18-13-3-1-2-12(13)14-9-11(21(23)24)5-7-16(14)20-18/h1-2,4-9,12-13,18,20H,3H2/t12-,13+,18-/m1/s1. The second-order valence-corrected chi connectivity index (χ2v) is 6.88. The molecule has 8 heteroatoms. The third kappa shape index (κ3) is 2.61. The van der Waals surface area contributed by atoms with Gasteiger partial charge in [-0.05, 0) is 35.6 Å². The Morgan fingerprint density at radius 2 is 1.88 bits per heavy atom. The Kier molecular flexibility index (Phi) is 3.88. The van der Waals surface area contributed by atoms with Crippen molar-refractivity contribution in [3.8, 4) is 0 Å². The molecule has 2 aliphatic rings. The van der Waals surface area contributed by atoms with E-state index in [0.717, 1.165) is 23.2 Å². The van der Waals surface area contributed by atoms with Crippen molar-refractivity contribution in [2.75, 3.05) is 5.32 Å². The van der Waals surface area contributed by atoms with Crippen LogP contribution in [0.2, 0.25) is 5.02 Å². The number of nitro benzene ring substituents is 2. The van der Waals surface area contributed by atoms with Crippen molar-refractivity contribution in [2.45, 2.75) is 18.4 Å². The number of fused-ring (bicyclic) bond motifs is 3. The van der Waals surface area contributed by atoms with Gasteiger partial charge in [0.05, 0.1) is 15.9 Å². The summed E-state index contributed by atoms with van der Waals surface area (Å²) >= 11 is 5.93. The number of hydrogen-bond donors (Lipinski definition) is 1. The molecule has 0 saturated heterocycles. The number of allylic oxidation sites excluding steroid dienone is 2. The highest BCUT2D eigenvalue weighted by Gasteiger charge is 2.39. The molecule has 1 aliphatic carbocycles. The molecule has 0 amide bonds. The molecule has 0 saturated carbocycles. The molecular weight excluding hydrogens is 358 g/mol. The van der Waals surface area contributed by atoms with E-state index in [1.165, 1.54) is 12.1 Å². The van der Waals surface area contributed by atoms with E-state index in [0.29, 0.717) is 0 Å². The third-order valence-electron chi connectivity index (χ3n) is 5.08. The van der Waals surface area contributed by atoms with E-state index < -0.39 is 9.85 Å². The predicted octanol–water partition coefficient (Wildman–Crippen LogP) is 4.98. The first-order valence-electron chi connectivity index (χ1n) is 8.11. The molecule has 0 aromatic heterocycles. The number of nitrogens with one attached hydrogen (secondary N) is 1. The molecule has 0 spiro atoms. The number of nitro groups is 2. The normalized spacial score (nSPS) is 23.0. The lowest BCUT2D eigenvalue weighted by Crippen LogP contribution is -2.29. The van der Waals surface area contributed by atoms with Crippen molar-refractivity contribution in [1.29, 1.82) is 0 Å². The summed E-state index contributed by atoms with van der Waals surface area (Å²) in [4.78, 5) is 21.4. The highest BCUT2D eigenvalue weighted by molar-refractivity contribution is 6.32. The van der Waals surface area contributed by atoms with E-state index >= 15 is 0 Å². The zero-order chi connectivity index (χ0) is 18.4. The average molecular weight is 372 g/mol. The van der Waals surface area contributed by atoms with Gasteiger partial charge >= 0.3 is 0 Å². The van der Waals surface area contributed by atoms with E-state index in [1.807, 2.05) is 0 Å². The first-order chi connectivity index (χ1) is 12.5. The van der Waals surface area contributed by atoms with Crippen LogP contribution in [0.15, 0.2) is 48.6 Å². The Morgan fingerprint density at radius 3 is 2.62 bits per heavy atom. The van der Waals surface area contributed by atoms with E-state index in [9.17, 15) is 20.2 Å². The van der Waals surface area contributed by atoms with E-state index in [4.69, 9.17) is 11.6 Å². The van der Waals surface area contributed by atoms with Crippen LogP contribution in [-0.2, 0) is 0 Å². The Bertz CT molecular complexity index is 959. The lowest BCUT2D eigenvalue weighted by atomic mass is 9.77. The van der Waals surface area contributed by atoms with E-state index in [-0.39, 0.29) is 34.3 Å². The largest absolute Gasteiger partial charge is 0.378 e. The first-order valence-corrected chi connectivity index (χ1v) is 8.49. The van der Waals surface area contributed by atoms with Crippen LogP contribution in [-0.4, -0.2) is 9.85 Å². The van der Waals surface area contributed by atoms with E-state index in [1.54, 1.807) is 24.3 Å². The SMILES string of the molecule is O=[N+]([O-])c1ccc2c(c1)[C@@H]1C=CC[C@@H]1[C@@H](c1ccc(Cl)c([N+](=O)[O-])c1)N2. The van der Waals surface area contributed by atoms with Gasteiger partial charge in [0.25, 0.3) is 11.4 Å². The Morgan fingerprint density at radius 1 is 1.08 bits per heavy atom. The number of nitrogens with zero attached hydrogens (tertiary/aromatic N) is 2. The van der Waals surface area contributed by atoms with Crippen molar-refractivity contribution >= 4 is 28.7 Å². The summed E-state index contributed by atoms with van der Waals surface area (Å²) in [7, 11) is 0. The second kappa shape index (κ2) is 6.10. The van der Waals surface area contributed by atoms with Gasteiger partial charge in [-0.25, -0.2) is 0 Å². The van der Waals surface area contributed by atoms with Crippen LogP contribution in [0.4, 0.5) is 17.1 Å². The van der Waals surface area contributed by atoms with Gasteiger partial charge in [0.2, 0.25) is 0 Å². The molecular formula is C18H14ClN3O4. The lowest BCUT2D eigenvalue weighted by molar-refractivity contribution is -0.385. The molecule has 1 heterocycles. The Balaban J connectivity index is 1.78. The highest BCUT2D eigenvalue weighted by atomic mass is 35.5. The smallest absolute Gasteiger partial charge is 0.288 e. The zero-order valence-electron chi connectivity index (χ0n) is 13.5. The highest BCUT2D eigenvalue weighted by Crippen LogP contribution is 2.50. The molecule has 132 valence electrons. The number of hydrogen-bond acceptors (Lipinski definition) is 5. The van der Waals surface area contributed by atoms with E-state index in [2.05, 4.69) is 17.5 Å². The number of benzene rings is 2. The van der Waals surface area contributed by atoms with Crippen LogP contribution < -0.4 is 5.32 Å². The van der Waals surface area contributed by atoms with Crippen molar-refractivity contribution in [2.24, 2.45) is 5.92 Å². The Hall–Kier alpha value is -2.93. The Labute approximate surface area is 153 Å². The van der Waals surface area contributed by atoms with Gasteiger partial charge < -0.3 is 5.32 Å². The fraction of sp³-hybridized carbons (Fsp3) is 0.222. The van der Waals surface area contributed by atoms with Gasteiger partial charge in [-0.15, -0.1) is 0 Å². The summed E-state index contributed by atoms with van der Waals surface area (Å²) < 4.78 is 0. The molecule has 0 fully saturated rings. The fourth-order valence-electron chi connectivity index (χ4n) is 3.89. The zero-order valence-corrected chi connectivity index (χ0v) is 14.2. The van der Waals surface area contributed by atoms with Crippen molar-refractivity contribution in [3.05, 3.63) is 84.9 Å². The molecule has 1 aliphatic heterocycles. The monoisotopic (exact) mass is 371 g/mol. The number of rotatable bonds is 3. The molecule has 0 bridgehead atoms. The number of halogens is 1.